The third-order valence-corrected chi connectivity index (χ3v) is 5.97. The van der Waals surface area contributed by atoms with Crippen LogP contribution in [-0.4, -0.2) is 39.9 Å². The molecule has 0 aliphatic carbocycles. The normalized spacial score (nSPS) is 13.3. The summed E-state index contributed by atoms with van der Waals surface area (Å²) in [6.07, 6.45) is 5.62. The molecule has 7 nitrogen and oxygen atoms in total. The van der Waals surface area contributed by atoms with Crippen molar-refractivity contribution in [2.24, 2.45) is 0 Å². The molecule has 0 unspecified atom stereocenters. The van der Waals surface area contributed by atoms with Crippen LogP contribution in [0.15, 0.2) is 67.1 Å². The van der Waals surface area contributed by atoms with E-state index in [0.29, 0.717) is 37.2 Å². The smallest absolute Gasteiger partial charge is 0.317 e. The molecule has 8 heteroatoms. The highest BCUT2D eigenvalue weighted by molar-refractivity contribution is 5.94. The van der Waals surface area contributed by atoms with Crippen LogP contribution in [0.2, 0.25) is 0 Å². The summed E-state index contributed by atoms with van der Waals surface area (Å²) >= 11 is 0. The summed E-state index contributed by atoms with van der Waals surface area (Å²) in [5.41, 5.74) is 4.62. The van der Waals surface area contributed by atoms with Gasteiger partial charge in [-0.15, -0.1) is 0 Å². The second kappa shape index (κ2) is 9.35. The molecule has 1 aliphatic rings. The lowest BCUT2D eigenvalue weighted by atomic mass is 10.0. The number of hydrogen-bond donors (Lipinski definition) is 3. The first kappa shape index (κ1) is 21.6. The Kier molecular flexibility index (Phi) is 5.95. The molecule has 3 heterocycles. The number of rotatable bonds is 7. The molecule has 2 aromatic carbocycles. The summed E-state index contributed by atoms with van der Waals surface area (Å²) in [5, 5.41) is 6.48. The quantitative estimate of drug-likeness (QED) is 0.395. The summed E-state index contributed by atoms with van der Waals surface area (Å²) in [7, 11) is 0. The van der Waals surface area contributed by atoms with E-state index in [1.54, 1.807) is 29.4 Å². The zero-order valence-corrected chi connectivity index (χ0v) is 18.5. The number of carbonyl (C=O) groups excluding carboxylic acids is 2. The van der Waals surface area contributed by atoms with E-state index in [-0.39, 0.29) is 24.3 Å². The summed E-state index contributed by atoms with van der Waals surface area (Å²) < 4.78 is 14.3. The van der Waals surface area contributed by atoms with Crippen molar-refractivity contribution >= 4 is 22.8 Å². The summed E-state index contributed by atoms with van der Waals surface area (Å²) in [5.74, 6) is -0.668. The molecule has 3 N–H and O–H groups in total. The number of pyridine rings is 1. The van der Waals surface area contributed by atoms with Gasteiger partial charge in [-0.05, 0) is 52.8 Å². The van der Waals surface area contributed by atoms with Crippen LogP contribution < -0.4 is 10.6 Å². The molecular weight excluding hydrogens is 433 g/mol. The minimum absolute atomic E-state index is 0.0296. The Morgan fingerprint density at radius 3 is 2.68 bits per heavy atom. The van der Waals surface area contributed by atoms with Gasteiger partial charge in [-0.2, -0.15) is 0 Å². The van der Waals surface area contributed by atoms with Gasteiger partial charge in [0.05, 0.1) is 5.56 Å². The molecule has 1 fully saturated rings. The van der Waals surface area contributed by atoms with Crippen molar-refractivity contribution in [2.45, 2.75) is 19.5 Å². The fourth-order valence-corrected chi connectivity index (χ4v) is 4.12. The van der Waals surface area contributed by atoms with Crippen molar-refractivity contribution in [1.82, 2.24) is 25.5 Å². The molecule has 2 aromatic heterocycles. The van der Waals surface area contributed by atoms with Crippen LogP contribution in [0.25, 0.3) is 10.9 Å². The highest BCUT2D eigenvalue weighted by atomic mass is 19.1. The number of fused-ring (bicyclic) bond motifs is 1. The number of H-pyrrole nitrogens is 1. The molecule has 0 saturated carbocycles. The Bertz CT molecular complexity index is 1350. The monoisotopic (exact) mass is 457 g/mol. The molecule has 172 valence electrons. The van der Waals surface area contributed by atoms with E-state index in [1.165, 1.54) is 12.3 Å². The number of aromatic nitrogens is 2. The SMILES string of the molecule is O=C(NCc1cc2cc[nH]c2cc1F)c1cncc(Cc2ccc(CN3CCNC3=O)cc2)c1. The summed E-state index contributed by atoms with van der Waals surface area (Å²) in [6.45, 7) is 2.08. The van der Waals surface area contributed by atoms with Crippen LogP contribution in [0.3, 0.4) is 0 Å². The van der Waals surface area contributed by atoms with Crippen molar-refractivity contribution in [3.63, 3.8) is 0 Å². The van der Waals surface area contributed by atoms with Crippen molar-refractivity contribution < 1.29 is 14.0 Å². The van der Waals surface area contributed by atoms with Crippen molar-refractivity contribution in [3.05, 3.63) is 101 Å². The van der Waals surface area contributed by atoms with E-state index in [0.717, 1.165) is 27.6 Å². The zero-order valence-electron chi connectivity index (χ0n) is 18.5. The predicted octanol–water partition coefficient (Wildman–Crippen LogP) is 3.75. The highest BCUT2D eigenvalue weighted by Gasteiger charge is 2.19. The van der Waals surface area contributed by atoms with Gasteiger partial charge < -0.3 is 20.5 Å². The molecule has 34 heavy (non-hydrogen) atoms. The topological polar surface area (TPSA) is 90.1 Å². The van der Waals surface area contributed by atoms with Gasteiger partial charge in [-0.1, -0.05) is 24.3 Å². The summed E-state index contributed by atoms with van der Waals surface area (Å²) in [4.78, 5) is 33.3. The first-order valence-electron chi connectivity index (χ1n) is 11.1. The van der Waals surface area contributed by atoms with Crippen molar-refractivity contribution in [2.75, 3.05) is 13.1 Å². The van der Waals surface area contributed by atoms with E-state index in [1.807, 2.05) is 30.3 Å². The third kappa shape index (κ3) is 4.76. The number of halogens is 1. The van der Waals surface area contributed by atoms with Crippen LogP contribution in [0.5, 0.6) is 0 Å². The number of urea groups is 1. The number of benzene rings is 2. The van der Waals surface area contributed by atoms with Crippen LogP contribution >= 0.6 is 0 Å². The van der Waals surface area contributed by atoms with Gasteiger partial charge in [0.25, 0.3) is 5.91 Å². The maximum Gasteiger partial charge on any atom is 0.317 e. The van der Waals surface area contributed by atoms with Crippen LogP contribution in [0, 0.1) is 5.82 Å². The largest absolute Gasteiger partial charge is 0.361 e. The molecule has 0 radical (unpaired) electrons. The Morgan fingerprint density at radius 2 is 1.88 bits per heavy atom. The van der Waals surface area contributed by atoms with E-state index in [9.17, 15) is 14.0 Å². The molecule has 5 rings (SSSR count). The Hall–Kier alpha value is -4.20. The second-order valence-corrected chi connectivity index (χ2v) is 8.42. The van der Waals surface area contributed by atoms with Crippen LogP contribution in [0.1, 0.15) is 32.6 Å². The van der Waals surface area contributed by atoms with Gasteiger partial charge in [0.2, 0.25) is 0 Å². The molecule has 0 atom stereocenters. The Morgan fingerprint density at radius 1 is 1.06 bits per heavy atom. The first-order valence-corrected chi connectivity index (χ1v) is 11.1. The highest BCUT2D eigenvalue weighted by Crippen LogP contribution is 2.18. The number of nitrogens with one attached hydrogen (secondary N) is 3. The van der Waals surface area contributed by atoms with Crippen molar-refractivity contribution in [1.29, 1.82) is 0 Å². The maximum absolute atomic E-state index is 14.3. The number of aromatic amines is 1. The fraction of sp³-hybridized carbons (Fsp3) is 0.192. The van der Waals surface area contributed by atoms with Gasteiger partial charge in [0.1, 0.15) is 5.82 Å². The first-order chi connectivity index (χ1) is 16.5. The van der Waals surface area contributed by atoms with Crippen molar-refractivity contribution in [3.8, 4) is 0 Å². The van der Waals surface area contributed by atoms with Crippen LogP contribution in [0.4, 0.5) is 9.18 Å². The van der Waals surface area contributed by atoms with Gasteiger partial charge in [-0.3, -0.25) is 9.78 Å². The van der Waals surface area contributed by atoms with E-state index < -0.39 is 0 Å². The number of amides is 3. The minimum Gasteiger partial charge on any atom is -0.361 e. The van der Waals surface area contributed by atoms with Gasteiger partial charge in [-0.25, -0.2) is 9.18 Å². The van der Waals surface area contributed by atoms with Gasteiger partial charge in [0, 0.05) is 55.8 Å². The maximum atomic E-state index is 14.3. The molecule has 4 aromatic rings. The van der Waals surface area contributed by atoms with E-state index in [2.05, 4.69) is 20.6 Å². The molecule has 0 bridgehead atoms. The average Bonchev–Trinajstić information content (AvgIpc) is 3.47. The standard InChI is InChI=1S/C26H24FN5O2/c27-23-12-24-20(5-6-29-24)11-21(23)15-31-25(33)22-10-19(13-28-14-22)9-17-1-3-18(4-2-17)16-32-8-7-30-26(32)34/h1-6,10-14,29H,7-9,15-16H2,(H,30,34)(H,31,33). The lowest BCUT2D eigenvalue weighted by Gasteiger charge is -2.14. The zero-order chi connectivity index (χ0) is 23.5. The predicted molar refractivity (Wildman–Crippen MR) is 127 cm³/mol. The Balaban J connectivity index is 1.21. The van der Waals surface area contributed by atoms with Gasteiger partial charge >= 0.3 is 6.03 Å². The number of nitrogens with zero attached hydrogens (tertiary/aromatic N) is 2. The second-order valence-electron chi connectivity index (χ2n) is 8.42. The molecule has 1 saturated heterocycles. The third-order valence-electron chi connectivity index (χ3n) is 5.97. The minimum atomic E-state index is -0.365. The molecule has 0 spiro atoms. The lowest BCUT2D eigenvalue weighted by molar-refractivity contribution is 0.0950. The fourth-order valence-electron chi connectivity index (χ4n) is 4.12. The lowest BCUT2D eigenvalue weighted by Crippen LogP contribution is -2.27. The summed E-state index contributed by atoms with van der Waals surface area (Å²) in [6, 6.07) is 14.9. The molecule has 3 amide bonds. The van der Waals surface area contributed by atoms with E-state index >= 15 is 0 Å². The molecule has 1 aliphatic heterocycles. The number of carbonyl (C=O) groups is 2. The Labute approximate surface area is 196 Å². The molecular formula is C26H24FN5O2. The van der Waals surface area contributed by atoms with Gasteiger partial charge in [0.15, 0.2) is 0 Å². The average molecular weight is 458 g/mol. The van der Waals surface area contributed by atoms with E-state index in [4.69, 9.17) is 0 Å². The van der Waals surface area contributed by atoms with Crippen LogP contribution in [-0.2, 0) is 19.5 Å². The number of hydrogen-bond acceptors (Lipinski definition) is 3.